The van der Waals surface area contributed by atoms with Crippen molar-refractivity contribution in [1.82, 2.24) is 10.1 Å². The van der Waals surface area contributed by atoms with Crippen LogP contribution in [0.5, 0.6) is 0 Å². The largest absolute Gasteiger partial charge is 0.461 e. The minimum Gasteiger partial charge on any atom is -0.461 e. The van der Waals surface area contributed by atoms with E-state index in [1.807, 2.05) is 0 Å². The molecule has 2 aromatic rings. The molecule has 4 nitrogen and oxygen atoms in total. The van der Waals surface area contributed by atoms with Gasteiger partial charge in [-0.15, -0.1) is 0 Å². The summed E-state index contributed by atoms with van der Waals surface area (Å²) < 4.78 is 9.91. The smallest absolute Gasteiger partial charge is 0.238 e. The Bertz CT molecular complexity index is 355. The van der Waals surface area contributed by atoms with Crippen molar-refractivity contribution in [3.05, 3.63) is 24.3 Å². The van der Waals surface area contributed by atoms with E-state index < -0.39 is 0 Å². The van der Waals surface area contributed by atoms with Gasteiger partial charge in [-0.05, 0) is 12.1 Å². The molecule has 62 valence electrons. The molecule has 0 aliphatic carbocycles. The number of rotatable bonds is 2. The molecule has 0 saturated heterocycles. The zero-order valence-corrected chi connectivity index (χ0v) is 6.99. The fourth-order valence-electron chi connectivity index (χ4n) is 0.825. The lowest BCUT2D eigenvalue weighted by atomic mass is 10.4. The van der Waals surface area contributed by atoms with E-state index in [4.69, 9.17) is 8.94 Å². The number of hydrogen-bond donors (Lipinski definition) is 1. The minimum atomic E-state index is 0.438. The summed E-state index contributed by atoms with van der Waals surface area (Å²) in [6.45, 7) is 0. The molecular formula is C7H6N2O2S. The van der Waals surface area contributed by atoms with Gasteiger partial charge in [0.25, 0.3) is 0 Å². The normalized spacial score (nSPS) is 10.4. The van der Waals surface area contributed by atoms with E-state index in [2.05, 4.69) is 22.8 Å². The first kappa shape index (κ1) is 7.42. The topological polar surface area (TPSA) is 52.1 Å². The first-order valence-electron chi connectivity index (χ1n) is 3.37. The van der Waals surface area contributed by atoms with Crippen molar-refractivity contribution in [2.45, 2.75) is 5.75 Å². The second kappa shape index (κ2) is 3.02. The Hall–Kier alpha value is -1.23. The van der Waals surface area contributed by atoms with Crippen molar-refractivity contribution in [2.75, 3.05) is 0 Å². The molecule has 0 aromatic carbocycles. The van der Waals surface area contributed by atoms with Gasteiger partial charge in [-0.25, -0.2) is 0 Å². The summed E-state index contributed by atoms with van der Waals surface area (Å²) in [7, 11) is 0. The van der Waals surface area contributed by atoms with E-state index in [0.29, 0.717) is 23.2 Å². The van der Waals surface area contributed by atoms with E-state index >= 15 is 0 Å². The molecule has 0 fully saturated rings. The van der Waals surface area contributed by atoms with E-state index in [9.17, 15) is 0 Å². The van der Waals surface area contributed by atoms with Crippen LogP contribution in [0.15, 0.2) is 27.3 Å². The number of hydrogen-bond acceptors (Lipinski definition) is 5. The zero-order valence-electron chi connectivity index (χ0n) is 6.10. The lowest BCUT2D eigenvalue weighted by Crippen LogP contribution is -1.77. The van der Waals surface area contributed by atoms with Crippen LogP contribution in [-0.2, 0) is 5.75 Å². The molecule has 0 aliphatic heterocycles. The van der Waals surface area contributed by atoms with Crippen molar-refractivity contribution in [1.29, 1.82) is 0 Å². The second-order valence-corrected chi connectivity index (χ2v) is 2.46. The minimum absolute atomic E-state index is 0.438. The van der Waals surface area contributed by atoms with E-state index in [1.54, 1.807) is 18.4 Å². The van der Waals surface area contributed by atoms with Crippen LogP contribution < -0.4 is 0 Å². The molecule has 5 heteroatoms. The zero-order chi connectivity index (χ0) is 8.39. The highest BCUT2D eigenvalue weighted by molar-refractivity contribution is 7.79. The summed E-state index contributed by atoms with van der Waals surface area (Å²) in [6, 6.07) is 3.54. The van der Waals surface area contributed by atoms with Gasteiger partial charge in [-0.1, -0.05) is 5.16 Å². The van der Waals surface area contributed by atoms with Crippen LogP contribution in [0.25, 0.3) is 11.6 Å². The Morgan fingerprint density at radius 2 is 2.42 bits per heavy atom. The van der Waals surface area contributed by atoms with Crippen molar-refractivity contribution < 1.29 is 8.94 Å². The van der Waals surface area contributed by atoms with Gasteiger partial charge in [0, 0.05) is 0 Å². The number of furan rings is 1. The molecule has 2 heterocycles. The van der Waals surface area contributed by atoms with Gasteiger partial charge in [-0.2, -0.15) is 17.6 Å². The van der Waals surface area contributed by atoms with Crippen molar-refractivity contribution in [3.8, 4) is 11.6 Å². The first-order chi connectivity index (χ1) is 5.90. The summed E-state index contributed by atoms with van der Waals surface area (Å²) in [5.74, 6) is 1.99. The molecule has 0 amide bonds. The Balaban J connectivity index is 2.35. The Morgan fingerprint density at radius 3 is 3.00 bits per heavy atom. The number of thiol groups is 1. The van der Waals surface area contributed by atoms with Crippen LogP contribution in [-0.4, -0.2) is 10.1 Å². The van der Waals surface area contributed by atoms with Crippen LogP contribution in [0.2, 0.25) is 0 Å². The molecule has 0 spiro atoms. The summed E-state index contributed by atoms with van der Waals surface area (Å²) in [6.07, 6.45) is 1.56. The molecule has 0 bridgehead atoms. The molecule has 12 heavy (non-hydrogen) atoms. The first-order valence-corrected chi connectivity index (χ1v) is 4.00. The highest BCUT2D eigenvalue weighted by Crippen LogP contribution is 2.15. The molecule has 2 aromatic heterocycles. The van der Waals surface area contributed by atoms with Gasteiger partial charge in [-0.3, -0.25) is 0 Å². The molecule has 2 rings (SSSR count). The van der Waals surface area contributed by atoms with Crippen molar-refractivity contribution in [2.24, 2.45) is 0 Å². The number of nitrogens with zero attached hydrogens (tertiary/aromatic N) is 2. The molecule has 0 saturated carbocycles. The lowest BCUT2D eigenvalue weighted by molar-refractivity contribution is 0.390. The molecular weight excluding hydrogens is 176 g/mol. The predicted molar refractivity (Wildman–Crippen MR) is 44.7 cm³/mol. The van der Waals surface area contributed by atoms with Crippen LogP contribution >= 0.6 is 12.6 Å². The van der Waals surface area contributed by atoms with Crippen molar-refractivity contribution in [3.63, 3.8) is 0 Å². The standard InChI is InChI=1S/C7H6N2O2S/c12-4-6-8-7(9-11-6)5-2-1-3-10-5/h1-3,12H,4H2. The summed E-state index contributed by atoms with van der Waals surface area (Å²) in [5, 5.41) is 3.70. The Labute approximate surface area is 74.0 Å². The highest BCUT2D eigenvalue weighted by Gasteiger charge is 2.08. The van der Waals surface area contributed by atoms with Gasteiger partial charge >= 0.3 is 0 Å². The van der Waals surface area contributed by atoms with E-state index in [0.717, 1.165) is 0 Å². The Kier molecular flexibility index (Phi) is 1.87. The SMILES string of the molecule is SCc1nc(-c2ccco2)no1. The summed E-state index contributed by atoms with van der Waals surface area (Å²) in [5.41, 5.74) is 0. The molecule has 0 N–H and O–H groups in total. The van der Waals surface area contributed by atoms with E-state index in [1.165, 1.54) is 0 Å². The Morgan fingerprint density at radius 1 is 1.50 bits per heavy atom. The molecule has 0 radical (unpaired) electrons. The third-order valence-corrected chi connectivity index (χ3v) is 1.62. The third-order valence-electron chi connectivity index (χ3n) is 1.34. The lowest BCUT2D eigenvalue weighted by Gasteiger charge is -1.81. The fraction of sp³-hybridized carbons (Fsp3) is 0.143. The second-order valence-electron chi connectivity index (χ2n) is 2.15. The maximum absolute atomic E-state index is 5.07. The van der Waals surface area contributed by atoms with Gasteiger partial charge in [0.15, 0.2) is 5.76 Å². The van der Waals surface area contributed by atoms with Gasteiger partial charge in [0.05, 0.1) is 12.0 Å². The third kappa shape index (κ3) is 1.23. The average molecular weight is 182 g/mol. The summed E-state index contributed by atoms with van der Waals surface area (Å²) in [4.78, 5) is 4.02. The van der Waals surface area contributed by atoms with Gasteiger partial charge in [0.1, 0.15) is 0 Å². The van der Waals surface area contributed by atoms with E-state index in [-0.39, 0.29) is 0 Å². The van der Waals surface area contributed by atoms with Gasteiger partial charge < -0.3 is 8.94 Å². The van der Waals surface area contributed by atoms with Crippen LogP contribution in [0, 0.1) is 0 Å². The maximum atomic E-state index is 5.07. The molecule has 0 atom stereocenters. The maximum Gasteiger partial charge on any atom is 0.238 e. The average Bonchev–Trinajstić information content (AvgIpc) is 2.75. The van der Waals surface area contributed by atoms with Gasteiger partial charge in [0.2, 0.25) is 11.7 Å². The highest BCUT2D eigenvalue weighted by atomic mass is 32.1. The fourth-order valence-corrected chi connectivity index (χ4v) is 0.953. The predicted octanol–water partition coefficient (Wildman–Crippen LogP) is 1.76. The number of aromatic nitrogens is 2. The quantitative estimate of drug-likeness (QED) is 0.719. The molecule has 0 unspecified atom stereocenters. The van der Waals surface area contributed by atoms with Crippen LogP contribution in [0.4, 0.5) is 0 Å². The van der Waals surface area contributed by atoms with Crippen LogP contribution in [0.3, 0.4) is 0 Å². The summed E-state index contributed by atoms with van der Waals surface area (Å²) >= 11 is 3.99. The van der Waals surface area contributed by atoms with Crippen molar-refractivity contribution >= 4 is 12.6 Å². The monoisotopic (exact) mass is 182 g/mol. The molecule has 0 aliphatic rings. The van der Waals surface area contributed by atoms with Crippen LogP contribution in [0.1, 0.15) is 5.89 Å².